The largest absolute Gasteiger partial charge is 0.493 e. The Morgan fingerprint density at radius 2 is 2.11 bits per heavy atom. The van der Waals surface area contributed by atoms with Crippen LogP contribution in [0, 0.1) is 10.1 Å². The average Bonchev–Trinajstić information content (AvgIpc) is 3.23. The molecule has 3 aromatic rings. The number of carbonyl (C=O) groups excluding carboxylic acids is 1. The number of amides is 1. The number of nitrogens with zero attached hydrogens (tertiary/aromatic N) is 2. The van der Waals surface area contributed by atoms with Crippen molar-refractivity contribution < 1.29 is 23.6 Å². The lowest BCUT2D eigenvalue weighted by atomic mass is 10.1. The molecule has 1 heterocycles. The number of rotatable bonds is 7. The van der Waals surface area contributed by atoms with Gasteiger partial charge in [0, 0.05) is 17.3 Å². The van der Waals surface area contributed by atoms with E-state index in [1.807, 2.05) is 0 Å². The van der Waals surface area contributed by atoms with Crippen LogP contribution in [0.3, 0.4) is 0 Å². The quantitative estimate of drug-likeness (QED) is 0.485. The molecule has 1 N–H and O–H groups in total. The summed E-state index contributed by atoms with van der Waals surface area (Å²) < 4.78 is 15.8. The Morgan fingerprint density at radius 1 is 1.29 bits per heavy atom. The van der Waals surface area contributed by atoms with Gasteiger partial charge < -0.3 is 19.2 Å². The molecule has 0 saturated carbocycles. The molecule has 0 aliphatic rings. The zero-order chi connectivity index (χ0) is 20.1. The highest BCUT2D eigenvalue weighted by molar-refractivity contribution is 6.07. The van der Waals surface area contributed by atoms with Crippen molar-refractivity contribution in [3.05, 3.63) is 64.7 Å². The van der Waals surface area contributed by atoms with E-state index in [2.05, 4.69) is 10.3 Å². The van der Waals surface area contributed by atoms with Gasteiger partial charge in [0.05, 0.1) is 30.9 Å². The third-order valence-electron chi connectivity index (χ3n) is 3.86. The predicted octanol–water partition coefficient (Wildman–Crippen LogP) is 3.91. The van der Waals surface area contributed by atoms with E-state index >= 15 is 0 Å². The van der Waals surface area contributed by atoms with E-state index < -0.39 is 10.8 Å². The number of hydrogen-bond donors (Lipinski definition) is 1. The molecule has 0 aliphatic carbocycles. The SMILES string of the molecule is CCOc1cc(C(=O)Nc2cccc(-c3cnco3)c2)c([N+](=O)[O-])cc1OC. The second-order valence-corrected chi connectivity index (χ2v) is 5.61. The average molecular weight is 383 g/mol. The van der Waals surface area contributed by atoms with Crippen molar-refractivity contribution in [2.24, 2.45) is 0 Å². The van der Waals surface area contributed by atoms with E-state index in [4.69, 9.17) is 13.9 Å². The van der Waals surface area contributed by atoms with Gasteiger partial charge in [0.1, 0.15) is 5.56 Å². The maximum absolute atomic E-state index is 12.7. The zero-order valence-electron chi connectivity index (χ0n) is 15.2. The number of nitro groups is 1. The maximum atomic E-state index is 12.7. The van der Waals surface area contributed by atoms with Gasteiger partial charge in [-0.2, -0.15) is 0 Å². The lowest BCUT2D eigenvalue weighted by molar-refractivity contribution is -0.385. The molecule has 0 spiro atoms. The van der Waals surface area contributed by atoms with Crippen LogP contribution in [0.4, 0.5) is 11.4 Å². The second kappa shape index (κ2) is 8.21. The van der Waals surface area contributed by atoms with Crippen LogP contribution in [0.1, 0.15) is 17.3 Å². The molecule has 0 bridgehead atoms. The van der Waals surface area contributed by atoms with Gasteiger partial charge in [-0.15, -0.1) is 0 Å². The van der Waals surface area contributed by atoms with Gasteiger partial charge in [-0.25, -0.2) is 4.98 Å². The minimum absolute atomic E-state index is 0.140. The first kappa shape index (κ1) is 18.9. The number of carbonyl (C=O) groups is 1. The fourth-order valence-electron chi connectivity index (χ4n) is 2.62. The van der Waals surface area contributed by atoms with E-state index in [9.17, 15) is 14.9 Å². The van der Waals surface area contributed by atoms with Crippen molar-refractivity contribution >= 4 is 17.3 Å². The summed E-state index contributed by atoms with van der Waals surface area (Å²) in [5, 5.41) is 14.1. The van der Waals surface area contributed by atoms with Crippen molar-refractivity contribution in [2.75, 3.05) is 19.0 Å². The van der Waals surface area contributed by atoms with Crippen LogP contribution in [0.15, 0.2) is 53.4 Å². The molecule has 1 amide bonds. The van der Waals surface area contributed by atoms with Crippen LogP contribution in [0.25, 0.3) is 11.3 Å². The number of nitro benzene ring substituents is 1. The number of nitrogens with one attached hydrogen (secondary N) is 1. The second-order valence-electron chi connectivity index (χ2n) is 5.61. The molecule has 0 radical (unpaired) electrons. The molecule has 2 aromatic carbocycles. The van der Waals surface area contributed by atoms with Crippen LogP contribution >= 0.6 is 0 Å². The van der Waals surface area contributed by atoms with Gasteiger partial charge in [-0.3, -0.25) is 14.9 Å². The number of hydrogen-bond acceptors (Lipinski definition) is 7. The Labute approximate surface area is 160 Å². The van der Waals surface area contributed by atoms with E-state index in [1.54, 1.807) is 37.4 Å². The molecule has 28 heavy (non-hydrogen) atoms. The summed E-state index contributed by atoms with van der Waals surface area (Å²) >= 11 is 0. The van der Waals surface area contributed by atoms with Crippen molar-refractivity contribution in [1.82, 2.24) is 4.98 Å². The highest BCUT2D eigenvalue weighted by atomic mass is 16.6. The van der Waals surface area contributed by atoms with Crippen molar-refractivity contribution in [3.8, 4) is 22.8 Å². The molecule has 3 rings (SSSR count). The Kier molecular flexibility index (Phi) is 5.54. The molecule has 0 saturated heterocycles. The molecule has 144 valence electrons. The molecule has 0 atom stereocenters. The lowest BCUT2D eigenvalue weighted by Gasteiger charge is -2.12. The van der Waals surface area contributed by atoms with Crippen molar-refractivity contribution in [3.63, 3.8) is 0 Å². The highest BCUT2D eigenvalue weighted by Crippen LogP contribution is 2.35. The maximum Gasteiger partial charge on any atom is 0.286 e. The molecule has 1 aromatic heterocycles. The summed E-state index contributed by atoms with van der Waals surface area (Å²) in [6.45, 7) is 2.07. The summed E-state index contributed by atoms with van der Waals surface area (Å²) in [5.74, 6) is 0.309. The molecule has 0 fully saturated rings. The van der Waals surface area contributed by atoms with Gasteiger partial charge in [0.2, 0.25) is 0 Å². The zero-order valence-corrected chi connectivity index (χ0v) is 15.2. The van der Waals surface area contributed by atoms with Gasteiger partial charge in [0.15, 0.2) is 23.7 Å². The van der Waals surface area contributed by atoms with Crippen LogP contribution in [0.2, 0.25) is 0 Å². The van der Waals surface area contributed by atoms with Gasteiger partial charge >= 0.3 is 0 Å². The summed E-state index contributed by atoms with van der Waals surface area (Å²) in [7, 11) is 1.37. The molecular formula is C19H17N3O6. The van der Waals surface area contributed by atoms with Gasteiger partial charge in [0.25, 0.3) is 11.6 Å². The third kappa shape index (κ3) is 3.93. The van der Waals surface area contributed by atoms with E-state index in [0.29, 0.717) is 23.6 Å². The Bertz CT molecular complexity index is 1000. The Hall–Kier alpha value is -3.88. The van der Waals surface area contributed by atoms with Crippen molar-refractivity contribution in [1.29, 1.82) is 0 Å². The molecule has 0 unspecified atom stereocenters. The summed E-state index contributed by atoms with van der Waals surface area (Å²) in [6.07, 6.45) is 2.85. The minimum Gasteiger partial charge on any atom is -0.493 e. The smallest absolute Gasteiger partial charge is 0.286 e. The Balaban J connectivity index is 1.94. The third-order valence-corrected chi connectivity index (χ3v) is 3.86. The lowest BCUT2D eigenvalue weighted by Crippen LogP contribution is -2.14. The Morgan fingerprint density at radius 3 is 2.75 bits per heavy atom. The minimum atomic E-state index is -0.648. The number of ether oxygens (including phenoxy) is 2. The van der Waals surface area contributed by atoms with Crippen LogP contribution in [-0.2, 0) is 0 Å². The number of methoxy groups -OCH3 is 1. The fourth-order valence-corrected chi connectivity index (χ4v) is 2.62. The molecule has 9 heteroatoms. The number of benzene rings is 2. The van der Waals surface area contributed by atoms with Gasteiger partial charge in [-0.05, 0) is 19.1 Å². The first-order valence-corrected chi connectivity index (χ1v) is 8.33. The highest BCUT2D eigenvalue weighted by Gasteiger charge is 2.25. The van der Waals surface area contributed by atoms with E-state index in [0.717, 1.165) is 0 Å². The normalized spacial score (nSPS) is 10.4. The number of anilines is 1. The van der Waals surface area contributed by atoms with Crippen LogP contribution in [-0.4, -0.2) is 29.5 Å². The standard InChI is InChI=1S/C19H17N3O6/c1-3-27-17-8-14(15(22(24)25)9-16(17)26-2)19(23)21-13-6-4-5-12(7-13)18-10-20-11-28-18/h4-11H,3H2,1-2H3,(H,21,23). The van der Waals surface area contributed by atoms with Crippen molar-refractivity contribution in [2.45, 2.75) is 6.92 Å². The van der Waals surface area contributed by atoms with Crippen LogP contribution in [0.5, 0.6) is 11.5 Å². The summed E-state index contributed by atoms with van der Waals surface area (Å²) in [4.78, 5) is 27.4. The summed E-state index contributed by atoms with van der Waals surface area (Å²) in [6, 6.07) is 9.33. The van der Waals surface area contributed by atoms with Gasteiger partial charge in [-0.1, -0.05) is 12.1 Å². The number of aromatic nitrogens is 1. The monoisotopic (exact) mass is 383 g/mol. The summed E-state index contributed by atoms with van der Waals surface area (Å²) in [5.41, 5.74) is 0.625. The van der Waals surface area contributed by atoms with E-state index in [1.165, 1.54) is 25.6 Å². The molecular weight excluding hydrogens is 366 g/mol. The number of oxazole rings is 1. The molecule has 9 nitrogen and oxygen atoms in total. The molecule has 0 aliphatic heterocycles. The predicted molar refractivity (Wildman–Crippen MR) is 101 cm³/mol. The topological polar surface area (TPSA) is 117 Å². The first-order chi connectivity index (χ1) is 13.5. The van der Waals surface area contributed by atoms with E-state index in [-0.39, 0.29) is 22.7 Å². The van der Waals surface area contributed by atoms with Crippen LogP contribution < -0.4 is 14.8 Å². The fraction of sp³-hybridized carbons (Fsp3) is 0.158. The first-order valence-electron chi connectivity index (χ1n) is 8.33.